The molecule has 47 heavy (non-hydrogen) atoms. The molecule has 3 rings (SSSR count). The molecule has 1 atom stereocenters. The van der Waals surface area contributed by atoms with Crippen LogP contribution in [0.4, 0.5) is 36.8 Å². The molecule has 2 aromatic rings. The van der Waals surface area contributed by atoms with Crippen LogP contribution in [0.3, 0.4) is 0 Å². The highest BCUT2D eigenvalue weighted by Crippen LogP contribution is 2.40. The number of hydrazine groups is 1. The lowest BCUT2D eigenvalue weighted by atomic mass is 9.93. The van der Waals surface area contributed by atoms with E-state index >= 15 is 0 Å². The van der Waals surface area contributed by atoms with E-state index in [2.05, 4.69) is 20.9 Å². The second-order valence-corrected chi connectivity index (χ2v) is 11.8. The number of ether oxygens (including phenoxy) is 4. The first-order valence-electron chi connectivity index (χ1n) is 13.9. The second kappa shape index (κ2) is 15.2. The summed E-state index contributed by atoms with van der Waals surface area (Å²) in [7, 11) is 0. The van der Waals surface area contributed by atoms with Crippen LogP contribution in [0.15, 0.2) is 53.5 Å². The van der Waals surface area contributed by atoms with Crippen molar-refractivity contribution >= 4 is 39.5 Å². The van der Waals surface area contributed by atoms with Gasteiger partial charge < -0.3 is 18.9 Å². The van der Waals surface area contributed by atoms with E-state index in [0.717, 1.165) is 0 Å². The number of unbranched alkanes of at least 4 members (excludes halogenated alkanes) is 1. The van der Waals surface area contributed by atoms with Gasteiger partial charge in [-0.05, 0) is 67.6 Å². The predicted octanol–water partition coefficient (Wildman–Crippen LogP) is 6.89. The largest absolute Gasteiger partial charge is 0.459 e. The number of anilines is 1. The zero-order valence-corrected chi connectivity index (χ0v) is 26.8. The quantitative estimate of drug-likeness (QED) is 0.0981. The molecule has 0 spiro atoms. The maximum absolute atomic E-state index is 14.7. The van der Waals surface area contributed by atoms with Crippen LogP contribution in [0.25, 0.3) is 0 Å². The average molecular weight is 741 g/mol. The first-order valence-corrected chi connectivity index (χ1v) is 14.7. The molecule has 11 nitrogen and oxygen atoms in total. The monoisotopic (exact) mass is 740 g/mol. The van der Waals surface area contributed by atoms with Crippen molar-refractivity contribution in [3.8, 4) is 0 Å². The number of halogens is 7. The third-order valence-electron chi connectivity index (χ3n) is 6.31. The Labute approximate surface area is 273 Å². The summed E-state index contributed by atoms with van der Waals surface area (Å²) in [5.74, 6) is -3.29. The molecule has 0 radical (unpaired) electrons. The Bertz CT molecular complexity index is 1440. The van der Waals surface area contributed by atoms with E-state index in [0.29, 0.717) is 11.6 Å². The number of alkyl halides is 6. The number of hydrogen-bond donors (Lipinski definition) is 3. The Morgan fingerprint density at radius 3 is 2.17 bits per heavy atom. The molecular formula is C29H31BrF6N4O7. The zero-order valence-electron chi connectivity index (χ0n) is 25.2. The van der Waals surface area contributed by atoms with Gasteiger partial charge in [0, 0.05) is 6.42 Å². The number of pyridine rings is 1. The summed E-state index contributed by atoms with van der Waals surface area (Å²) in [6.45, 7) is 3.77. The molecule has 1 aromatic carbocycles. The van der Waals surface area contributed by atoms with Gasteiger partial charge in [-0.1, -0.05) is 30.3 Å². The van der Waals surface area contributed by atoms with Crippen molar-refractivity contribution in [3.05, 3.63) is 70.3 Å². The van der Waals surface area contributed by atoms with Gasteiger partial charge >= 0.3 is 18.4 Å². The number of amides is 3. The van der Waals surface area contributed by atoms with Crippen LogP contribution in [0.5, 0.6) is 0 Å². The lowest BCUT2D eigenvalue weighted by Gasteiger charge is -2.34. The third-order valence-corrected chi connectivity index (χ3v) is 6.91. The molecule has 1 aliphatic rings. The van der Waals surface area contributed by atoms with Crippen LogP contribution in [0.2, 0.25) is 0 Å². The molecule has 0 fully saturated rings. The summed E-state index contributed by atoms with van der Waals surface area (Å²) < 4.78 is 104. The first-order chi connectivity index (χ1) is 21.8. The van der Waals surface area contributed by atoms with Gasteiger partial charge in [-0.15, -0.1) is 0 Å². The Hall–Kier alpha value is -4.06. The normalized spacial score (nSPS) is 14.9. The molecule has 2 heterocycles. The third kappa shape index (κ3) is 10.5. The molecule has 258 valence electrons. The Morgan fingerprint density at radius 1 is 0.957 bits per heavy atom. The van der Waals surface area contributed by atoms with Crippen molar-refractivity contribution in [1.82, 2.24) is 15.8 Å². The number of nitrogens with one attached hydrogen (secondary N) is 3. The van der Waals surface area contributed by atoms with Crippen molar-refractivity contribution < 1.29 is 59.7 Å². The van der Waals surface area contributed by atoms with Gasteiger partial charge in [0.05, 0.1) is 17.9 Å². The summed E-state index contributed by atoms with van der Waals surface area (Å²) in [5, 5.41) is 1.98. The van der Waals surface area contributed by atoms with Crippen LogP contribution in [-0.4, -0.2) is 46.6 Å². The standard InChI is InChI=1S/C29H31BrF6N4O7/c1-26(2,3)47-25(43)37-19-15-18(28(31,32)33)22(30)38-21(19)23(41)39-40-24(42)27(29(34,35)36,46-16-17-9-5-4-6-10-17)12-8-7-11-20-44-13-14-45-20/h4-6,9-10,13-15,20H,7-8,11-12,16H2,1-3H3,(H,37,43)(H,39,41)(H,40,42)/t27-/m0/s1. The second-order valence-electron chi connectivity index (χ2n) is 11.1. The molecule has 18 heteroatoms. The minimum atomic E-state index is -5.31. The summed E-state index contributed by atoms with van der Waals surface area (Å²) >= 11 is 2.61. The predicted molar refractivity (Wildman–Crippen MR) is 156 cm³/mol. The molecule has 1 aromatic heterocycles. The maximum Gasteiger partial charge on any atom is 0.426 e. The van der Waals surface area contributed by atoms with Crippen molar-refractivity contribution in [1.29, 1.82) is 0 Å². The fourth-order valence-electron chi connectivity index (χ4n) is 4.12. The van der Waals surface area contributed by atoms with E-state index < -0.39 is 82.3 Å². The number of rotatable bonds is 11. The number of aromatic nitrogens is 1. The number of carbonyl (C=O) groups excluding carboxylic acids is 3. The van der Waals surface area contributed by atoms with Gasteiger partial charge in [0.15, 0.2) is 5.69 Å². The lowest BCUT2D eigenvalue weighted by molar-refractivity contribution is -0.273. The van der Waals surface area contributed by atoms with Crippen molar-refractivity contribution in [3.63, 3.8) is 0 Å². The summed E-state index contributed by atoms with van der Waals surface area (Å²) in [4.78, 5) is 42.2. The molecule has 3 amide bonds. The van der Waals surface area contributed by atoms with E-state index in [1.165, 1.54) is 45.4 Å². The van der Waals surface area contributed by atoms with E-state index in [-0.39, 0.29) is 19.3 Å². The zero-order chi connectivity index (χ0) is 35.0. The summed E-state index contributed by atoms with van der Waals surface area (Å²) in [6, 6.07) is 8.08. The smallest absolute Gasteiger partial charge is 0.426 e. The highest BCUT2D eigenvalue weighted by atomic mass is 79.9. The number of nitrogens with zero attached hydrogens (tertiary/aromatic N) is 1. The van der Waals surface area contributed by atoms with E-state index in [9.17, 15) is 40.7 Å². The molecule has 0 saturated carbocycles. The molecule has 0 unspecified atom stereocenters. The highest BCUT2D eigenvalue weighted by Gasteiger charge is 2.61. The van der Waals surface area contributed by atoms with Crippen molar-refractivity contribution in [2.24, 2.45) is 0 Å². The van der Waals surface area contributed by atoms with E-state index in [1.54, 1.807) is 29.1 Å². The summed E-state index contributed by atoms with van der Waals surface area (Å²) in [5.41, 5.74) is -3.97. The van der Waals surface area contributed by atoms with Gasteiger partial charge in [0.25, 0.3) is 11.8 Å². The lowest BCUT2D eigenvalue weighted by Crippen LogP contribution is -2.61. The number of hydrogen-bond acceptors (Lipinski definition) is 8. The van der Waals surface area contributed by atoms with Gasteiger partial charge in [-0.2, -0.15) is 26.3 Å². The first kappa shape index (κ1) is 37.4. The number of carbonyl (C=O) groups is 3. The minimum Gasteiger partial charge on any atom is -0.459 e. The fourth-order valence-corrected chi connectivity index (χ4v) is 4.64. The molecule has 0 saturated heterocycles. The van der Waals surface area contributed by atoms with Crippen molar-refractivity contribution in [2.45, 2.75) is 82.9 Å². The Morgan fingerprint density at radius 2 is 1.60 bits per heavy atom. The molecule has 0 bridgehead atoms. The van der Waals surface area contributed by atoms with Gasteiger partial charge in [0.2, 0.25) is 11.9 Å². The van der Waals surface area contributed by atoms with Crippen LogP contribution >= 0.6 is 15.9 Å². The molecular weight excluding hydrogens is 710 g/mol. The molecule has 0 aliphatic carbocycles. The van der Waals surface area contributed by atoms with Crippen molar-refractivity contribution in [2.75, 3.05) is 5.32 Å². The molecule has 3 N–H and O–H groups in total. The van der Waals surface area contributed by atoms with Crippen LogP contribution in [-0.2, 0) is 36.5 Å². The van der Waals surface area contributed by atoms with Crippen LogP contribution < -0.4 is 16.2 Å². The molecule has 1 aliphatic heterocycles. The summed E-state index contributed by atoms with van der Waals surface area (Å²) in [6.07, 6.45) is -10.5. The van der Waals surface area contributed by atoms with Gasteiger partial charge in [0.1, 0.15) is 22.7 Å². The van der Waals surface area contributed by atoms with Gasteiger partial charge in [-0.25, -0.2) is 9.78 Å². The van der Waals surface area contributed by atoms with E-state index in [1.807, 2.05) is 5.32 Å². The SMILES string of the molecule is CC(C)(C)OC(=O)Nc1cc(C(F)(F)F)c(Br)nc1C(=O)NNC(=O)[C@](CCCCC1OC=CO1)(OCc1ccccc1)C(F)(F)F. The number of benzene rings is 1. The van der Waals surface area contributed by atoms with Gasteiger partial charge in [-0.3, -0.25) is 25.8 Å². The average Bonchev–Trinajstić information content (AvgIpc) is 3.48. The highest BCUT2D eigenvalue weighted by molar-refractivity contribution is 9.10. The fraction of sp³-hybridized carbons (Fsp3) is 0.448. The Kier molecular flexibility index (Phi) is 12.1. The minimum absolute atomic E-state index is 0.127. The van der Waals surface area contributed by atoms with E-state index in [4.69, 9.17) is 18.9 Å². The Balaban J connectivity index is 1.87. The topological polar surface area (TPSA) is 137 Å². The van der Waals surface area contributed by atoms with Crippen LogP contribution in [0.1, 0.15) is 68.1 Å². The van der Waals surface area contributed by atoms with Crippen LogP contribution in [0, 0.1) is 0 Å². The maximum atomic E-state index is 14.7.